The summed E-state index contributed by atoms with van der Waals surface area (Å²) in [6, 6.07) is 3.36. The maximum absolute atomic E-state index is 12.2. The lowest BCUT2D eigenvalue weighted by molar-refractivity contribution is 0.217. The lowest BCUT2D eigenvalue weighted by Crippen LogP contribution is -2.35. The first-order valence-electron chi connectivity index (χ1n) is 5.36. The van der Waals surface area contributed by atoms with E-state index in [1.54, 1.807) is 12.1 Å². The van der Waals surface area contributed by atoms with Crippen LogP contribution in [0.1, 0.15) is 11.8 Å². The predicted octanol–water partition coefficient (Wildman–Crippen LogP) is 0.286. The summed E-state index contributed by atoms with van der Waals surface area (Å²) >= 11 is 1.23. The summed E-state index contributed by atoms with van der Waals surface area (Å²) in [4.78, 5) is 0.997. The van der Waals surface area contributed by atoms with Gasteiger partial charge in [-0.2, -0.15) is 4.31 Å². The lowest BCUT2D eigenvalue weighted by atomic mass is 10.4. The second-order valence-corrected chi connectivity index (χ2v) is 6.76. The summed E-state index contributed by atoms with van der Waals surface area (Å²) in [6.07, 6.45) is 0.792. The largest absolute Gasteiger partial charge is 0.395 e. The molecule has 7 heteroatoms. The number of aryl methyl sites for hydroxylation is 1. The van der Waals surface area contributed by atoms with E-state index in [2.05, 4.69) is 0 Å². The van der Waals surface area contributed by atoms with Gasteiger partial charge in [0.1, 0.15) is 4.21 Å². The highest BCUT2D eigenvalue weighted by Gasteiger charge is 2.25. The van der Waals surface area contributed by atoms with Crippen LogP contribution in [0.2, 0.25) is 0 Å². The third-order valence-corrected chi connectivity index (χ3v) is 5.87. The van der Waals surface area contributed by atoms with Crippen molar-refractivity contribution in [2.45, 2.75) is 17.6 Å². The molecule has 98 valence electrons. The van der Waals surface area contributed by atoms with Crippen LogP contribution >= 0.6 is 11.3 Å². The van der Waals surface area contributed by atoms with E-state index < -0.39 is 10.0 Å². The van der Waals surface area contributed by atoms with Crippen LogP contribution in [-0.4, -0.2) is 49.2 Å². The van der Waals surface area contributed by atoms with Crippen LogP contribution in [-0.2, 0) is 16.4 Å². The molecular formula is C10H17NO4S2. The minimum Gasteiger partial charge on any atom is -0.395 e. The molecule has 0 aromatic carbocycles. The quantitative estimate of drug-likeness (QED) is 0.752. The molecule has 0 atom stereocenters. The fourth-order valence-corrected chi connectivity index (χ4v) is 4.26. The van der Waals surface area contributed by atoms with Gasteiger partial charge >= 0.3 is 0 Å². The van der Waals surface area contributed by atoms with E-state index in [4.69, 9.17) is 10.2 Å². The molecule has 1 aromatic rings. The molecule has 0 saturated heterocycles. The Morgan fingerprint density at radius 3 is 2.24 bits per heavy atom. The minimum absolute atomic E-state index is 0.00223. The van der Waals surface area contributed by atoms with Crippen molar-refractivity contribution in [3.63, 3.8) is 0 Å². The monoisotopic (exact) mass is 279 g/mol. The van der Waals surface area contributed by atoms with Crippen LogP contribution in [0.25, 0.3) is 0 Å². The highest BCUT2D eigenvalue weighted by Crippen LogP contribution is 2.24. The molecule has 0 aliphatic heterocycles. The number of nitrogens with zero attached hydrogens (tertiary/aromatic N) is 1. The third kappa shape index (κ3) is 3.49. The van der Waals surface area contributed by atoms with Gasteiger partial charge in [-0.3, -0.25) is 0 Å². The third-order valence-electron chi connectivity index (χ3n) is 2.28. The SMILES string of the molecule is CCc1ccc(S(=O)(=O)N(CCO)CCO)s1. The molecule has 1 aromatic heterocycles. The van der Waals surface area contributed by atoms with Crippen LogP contribution < -0.4 is 0 Å². The maximum Gasteiger partial charge on any atom is 0.252 e. The van der Waals surface area contributed by atoms with E-state index in [-0.39, 0.29) is 30.5 Å². The van der Waals surface area contributed by atoms with E-state index >= 15 is 0 Å². The Labute approximate surface area is 105 Å². The summed E-state index contributed by atoms with van der Waals surface area (Å²) in [7, 11) is -3.58. The zero-order valence-corrected chi connectivity index (χ0v) is 11.3. The van der Waals surface area contributed by atoms with E-state index in [0.717, 1.165) is 15.6 Å². The fraction of sp³-hybridized carbons (Fsp3) is 0.600. The molecule has 0 spiro atoms. The molecule has 1 rings (SSSR count). The molecular weight excluding hydrogens is 262 g/mol. The van der Waals surface area contributed by atoms with E-state index in [1.807, 2.05) is 6.92 Å². The predicted molar refractivity (Wildman–Crippen MR) is 66.6 cm³/mol. The second kappa shape index (κ2) is 6.46. The van der Waals surface area contributed by atoms with Gasteiger partial charge in [-0.15, -0.1) is 11.3 Å². The molecule has 0 unspecified atom stereocenters. The van der Waals surface area contributed by atoms with Gasteiger partial charge in [-0.1, -0.05) is 6.92 Å². The van der Waals surface area contributed by atoms with Gasteiger partial charge in [-0.05, 0) is 18.6 Å². The number of aliphatic hydroxyl groups is 2. The Hall–Kier alpha value is -0.470. The Morgan fingerprint density at radius 2 is 1.82 bits per heavy atom. The van der Waals surface area contributed by atoms with Crippen LogP contribution in [0.5, 0.6) is 0 Å². The van der Waals surface area contributed by atoms with Crippen molar-refractivity contribution < 1.29 is 18.6 Å². The average molecular weight is 279 g/mol. The van der Waals surface area contributed by atoms with Crippen molar-refractivity contribution in [1.82, 2.24) is 4.31 Å². The molecule has 1 heterocycles. The summed E-state index contributed by atoms with van der Waals surface area (Å²) < 4.78 is 25.7. The molecule has 0 aliphatic carbocycles. The first-order chi connectivity index (χ1) is 8.06. The molecule has 5 nitrogen and oxygen atoms in total. The number of aliphatic hydroxyl groups excluding tert-OH is 2. The van der Waals surface area contributed by atoms with E-state index in [1.165, 1.54) is 11.3 Å². The van der Waals surface area contributed by atoms with Crippen molar-refractivity contribution in [3.8, 4) is 0 Å². The van der Waals surface area contributed by atoms with Gasteiger partial charge in [0, 0.05) is 18.0 Å². The smallest absolute Gasteiger partial charge is 0.252 e. The second-order valence-electron chi connectivity index (χ2n) is 3.43. The Balaban J connectivity index is 2.98. The number of hydrogen-bond donors (Lipinski definition) is 2. The number of rotatable bonds is 7. The van der Waals surface area contributed by atoms with E-state index in [0.29, 0.717) is 0 Å². The number of thiophene rings is 1. The van der Waals surface area contributed by atoms with Gasteiger partial charge in [0.05, 0.1) is 13.2 Å². The normalized spacial score (nSPS) is 12.2. The van der Waals surface area contributed by atoms with Crippen molar-refractivity contribution in [3.05, 3.63) is 17.0 Å². The Morgan fingerprint density at radius 1 is 1.24 bits per heavy atom. The molecule has 2 N–H and O–H groups in total. The lowest BCUT2D eigenvalue weighted by Gasteiger charge is -2.18. The number of sulfonamides is 1. The van der Waals surface area contributed by atoms with Crippen LogP contribution in [0.4, 0.5) is 0 Å². The van der Waals surface area contributed by atoms with Gasteiger partial charge in [0.15, 0.2) is 0 Å². The Bertz CT molecular complexity index is 435. The summed E-state index contributed by atoms with van der Waals surface area (Å²) in [5.74, 6) is 0. The maximum atomic E-state index is 12.2. The van der Waals surface area contributed by atoms with Crippen molar-refractivity contribution >= 4 is 21.4 Å². The average Bonchev–Trinajstić information content (AvgIpc) is 2.78. The van der Waals surface area contributed by atoms with Crippen molar-refractivity contribution in [2.75, 3.05) is 26.3 Å². The molecule has 0 fully saturated rings. The molecule has 0 bridgehead atoms. The van der Waals surface area contributed by atoms with Gasteiger partial charge in [0.2, 0.25) is 0 Å². The standard InChI is InChI=1S/C10H17NO4S2/c1-2-9-3-4-10(16-9)17(14,15)11(5-7-12)6-8-13/h3-4,12-13H,2,5-8H2,1H3. The molecule has 0 aliphatic rings. The fourth-order valence-electron chi connectivity index (χ4n) is 1.39. The van der Waals surface area contributed by atoms with Crippen molar-refractivity contribution in [2.24, 2.45) is 0 Å². The Kier molecular flexibility index (Phi) is 5.54. The summed E-state index contributed by atoms with van der Waals surface area (Å²) in [5, 5.41) is 17.7. The van der Waals surface area contributed by atoms with Gasteiger partial charge in [0.25, 0.3) is 10.0 Å². The van der Waals surface area contributed by atoms with Crippen LogP contribution in [0, 0.1) is 0 Å². The zero-order chi connectivity index (χ0) is 12.9. The highest BCUT2D eigenvalue weighted by atomic mass is 32.2. The minimum atomic E-state index is -3.58. The summed E-state index contributed by atoms with van der Waals surface area (Å²) in [5.41, 5.74) is 0. The van der Waals surface area contributed by atoms with Crippen LogP contribution in [0.3, 0.4) is 0 Å². The van der Waals surface area contributed by atoms with Gasteiger partial charge in [-0.25, -0.2) is 8.42 Å². The van der Waals surface area contributed by atoms with Crippen LogP contribution in [0.15, 0.2) is 16.3 Å². The van der Waals surface area contributed by atoms with Gasteiger partial charge < -0.3 is 10.2 Å². The highest BCUT2D eigenvalue weighted by molar-refractivity contribution is 7.91. The molecule has 0 amide bonds. The first kappa shape index (κ1) is 14.6. The summed E-state index contributed by atoms with van der Waals surface area (Å²) in [6.45, 7) is 1.45. The molecule has 0 radical (unpaired) electrons. The van der Waals surface area contributed by atoms with E-state index in [9.17, 15) is 8.42 Å². The number of hydrogen-bond acceptors (Lipinski definition) is 5. The molecule has 17 heavy (non-hydrogen) atoms. The topological polar surface area (TPSA) is 77.8 Å². The van der Waals surface area contributed by atoms with Crippen molar-refractivity contribution in [1.29, 1.82) is 0 Å². The first-order valence-corrected chi connectivity index (χ1v) is 7.62. The zero-order valence-electron chi connectivity index (χ0n) is 9.66. The molecule has 0 saturated carbocycles.